The van der Waals surface area contributed by atoms with Crippen LogP contribution in [0.4, 0.5) is 0 Å². The second-order valence-corrected chi connectivity index (χ2v) is 5.76. The molecule has 0 radical (unpaired) electrons. The van der Waals surface area contributed by atoms with Crippen LogP contribution in [0.5, 0.6) is 0 Å². The zero-order valence-corrected chi connectivity index (χ0v) is 13.3. The van der Waals surface area contributed by atoms with Gasteiger partial charge in [0.2, 0.25) is 0 Å². The second-order valence-electron chi connectivity index (χ2n) is 4.63. The number of hydrogen-bond acceptors (Lipinski definition) is 4. The van der Waals surface area contributed by atoms with Gasteiger partial charge < -0.3 is 8.83 Å². The summed E-state index contributed by atoms with van der Waals surface area (Å²) < 4.78 is 13.8. The van der Waals surface area contributed by atoms with Gasteiger partial charge in [-0.25, -0.2) is 0 Å². The Bertz CT molecular complexity index is 790. The highest BCUT2D eigenvalue weighted by Gasteiger charge is 2.10. The molecule has 0 aliphatic carbocycles. The number of para-hydroxylation sites is 2. The van der Waals surface area contributed by atoms with Gasteiger partial charge in [0.05, 0.1) is 18.7 Å². The molecule has 0 amide bonds. The first-order valence-corrected chi connectivity index (χ1v) is 7.35. The van der Waals surface area contributed by atoms with Gasteiger partial charge in [0, 0.05) is 0 Å². The minimum atomic E-state index is 0.485. The highest BCUT2D eigenvalue weighted by atomic mass is 79.9. The zero-order chi connectivity index (χ0) is 14.1. The summed E-state index contributed by atoms with van der Waals surface area (Å²) >= 11 is 8.58. The lowest BCUT2D eigenvalue weighted by Crippen LogP contribution is -2.21. The van der Waals surface area contributed by atoms with Crippen molar-refractivity contribution >= 4 is 39.2 Å². The molecule has 0 aliphatic heterocycles. The number of rotatable bonds is 4. The smallest absolute Gasteiger partial charge is 0.270 e. The third-order valence-corrected chi connectivity index (χ3v) is 3.74. The fourth-order valence-corrected chi connectivity index (χ4v) is 2.73. The number of furan rings is 1. The maximum atomic E-state index is 5.57. The molecule has 0 N–H and O–H groups in total. The van der Waals surface area contributed by atoms with E-state index in [0.29, 0.717) is 18.1 Å². The molecule has 0 aliphatic rings. The van der Waals surface area contributed by atoms with Gasteiger partial charge in [-0.15, -0.1) is 0 Å². The van der Waals surface area contributed by atoms with E-state index in [1.165, 1.54) is 0 Å². The van der Waals surface area contributed by atoms with E-state index < -0.39 is 0 Å². The molecule has 0 saturated carbocycles. The summed E-state index contributed by atoms with van der Waals surface area (Å²) in [5.74, 6) is 0.902. The molecule has 4 nitrogen and oxygen atoms in total. The topological polar surface area (TPSA) is 34.5 Å². The van der Waals surface area contributed by atoms with Crippen molar-refractivity contribution < 1.29 is 8.83 Å². The van der Waals surface area contributed by atoms with Crippen LogP contribution in [0.2, 0.25) is 0 Å². The predicted octanol–water partition coefficient (Wildman–Crippen LogP) is 4.41. The normalized spacial score (nSPS) is 11.6. The fraction of sp³-hybridized carbons (Fsp3) is 0.214. The summed E-state index contributed by atoms with van der Waals surface area (Å²) in [5, 5.41) is 0. The molecular formula is C14H13BrN2O2S. The molecule has 3 aromatic rings. The van der Waals surface area contributed by atoms with E-state index in [2.05, 4.69) is 20.8 Å². The Morgan fingerprint density at radius 2 is 2.00 bits per heavy atom. The number of nitrogens with zero attached hydrogens (tertiary/aromatic N) is 2. The van der Waals surface area contributed by atoms with Gasteiger partial charge in [0.25, 0.3) is 4.84 Å². The van der Waals surface area contributed by atoms with Crippen LogP contribution < -0.4 is 0 Å². The Labute approximate surface area is 129 Å². The Morgan fingerprint density at radius 1 is 1.20 bits per heavy atom. The lowest BCUT2D eigenvalue weighted by Gasteiger charge is -2.15. The van der Waals surface area contributed by atoms with Crippen LogP contribution in [0.25, 0.3) is 11.1 Å². The summed E-state index contributed by atoms with van der Waals surface area (Å²) in [6.45, 7) is 1.35. The van der Waals surface area contributed by atoms with Crippen molar-refractivity contribution in [2.24, 2.45) is 0 Å². The molecule has 2 aromatic heterocycles. The molecule has 6 heteroatoms. The predicted molar refractivity (Wildman–Crippen MR) is 82.9 cm³/mol. The number of aromatic nitrogens is 1. The number of hydrogen-bond donors (Lipinski definition) is 0. The largest absolute Gasteiger partial charge is 0.453 e. The van der Waals surface area contributed by atoms with Crippen LogP contribution in [0.3, 0.4) is 0 Å². The van der Waals surface area contributed by atoms with E-state index in [-0.39, 0.29) is 0 Å². The zero-order valence-electron chi connectivity index (χ0n) is 10.9. The van der Waals surface area contributed by atoms with Gasteiger partial charge in [-0.1, -0.05) is 12.1 Å². The van der Waals surface area contributed by atoms with Crippen LogP contribution in [-0.2, 0) is 13.2 Å². The van der Waals surface area contributed by atoms with E-state index in [1.54, 1.807) is 0 Å². The average Bonchev–Trinajstić information content (AvgIpc) is 2.94. The molecule has 0 atom stereocenters. The summed E-state index contributed by atoms with van der Waals surface area (Å²) in [6.07, 6.45) is 0. The Hall–Kier alpha value is -1.37. The number of halogens is 1. The van der Waals surface area contributed by atoms with Gasteiger partial charge in [0.15, 0.2) is 10.3 Å². The van der Waals surface area contributed by atoms with Crippen molar-refractivity contribution in [1.82, 2.24) is 9.47 Å². The molecule has 2 heterocycles. The average molecular weight is 353 g/mol. The maximum absolute atomic E-state index is 5.57. The van der Waals surface area contributed by atoms with E-state index in [0.717, 1.165) is 21.5 Å². The summed E-state index contributed by atoms with van der Waals surface area (Å²) in [4.78, 5) is 2.60. The first-order valence-electron chi connectivity index (χ1n) is 6.14. The highest BCUT2D eigenvalue weighted by Crippen LogP contribution is 2.19. The third kappa shape index (κ3) is 2.72. The quantitative estimate of drug-likeness (QED) is 0.651. The highest BCUT2D eigenvalue weighted by molar-refractivity contribution is 9.10. The van der Waals surface area contributed by atoms with Gasteiger partial charge in [-0.05, 0) is 59.5 Å². The van der Waals surface area contributed by atoms with Gasteiger partial charge >= 0.3 is 0 Å². The summed E-state index contributed by atoms with van der Waals surface area (Å²) in [6, 6.07) is 11.7. The van der Waals surface area contributed by atoms with E-state index in [1.807, 2.05) is 48.0 Å². The molecule has 0 spiro atoms. The van der Waals surface area contributed by atoms with Crippen molar-refractivity contribution in [3.05, 3.63) is 51.7 Å². The molecule has 104 valence electrons. The molecule has 3 rings (SSSR count). The minimum absolute atomic E-state index is 0.485. The number of benzene rings is 1. The molecule has 0 fully saturated rings. The van der Waals surface area contributed by atoms with Crippen molar-refractivity contribution in [2.45, 2.75) is 13.2 Å². The Morgan fingerprint density at radius 3 is 2.75 bits per heavy atom. The van der Waals surface area contributed by atoms with E-state index >= 15 is 0 Å². The fourth-order valence-electron chi connectivity index (χ4n) is 2.14. The van der Waals surface area contributed by atoms with Crippen LogP contribution >= 0.6 is 28.1 Å². The second kappa shape index (κ2) is 5.55. The van der Waals surface area contributed by atoms with Crippen LogP contribution in [0, 0.1) is 4.84 Å². The summed E-state index contributed by atoms with van der Waals surface area (Å²) in [7, 11) is 2.01. The molecule has 0 unspecified atom stereocenters. The van der Waals surface area contributed by atoms with Gasteiger partial charge in [-0.3, -0.25) is 9.47 Å². The molecule has 0 saturated heterocycles. The molecule has 20 heavy (non-hydrogen) atoms. The molecule has 1 aromatic carbocycles. The standard InChI is InChI=1S/C14H13BrN2O2S/c1-16(8-10-6-7-13(15)18-10)9-17-11-4-2-3-5-12(11)19-14(17)20/h2-7H,8-9H2,1H3. The Kier molecular flexibility index (Phi) is 3.78. The van der Waals surface area contributed by atoms with Crippen molar-refractivity contribution in [2.75, 3.05) is 7.05 Å². The van der Waals surface area contributed by atoms with Crippen molar-refractivity contribution in [1.29, 1.82) is 0 Å². The van der Waals surface area contributed by atoms with Crippen LogP contribution in [-0.4, -0.2) is 16.5 Å². The van der Waals surface area contributed by atoms with E-state index in [4.69, 9.17) is 21.1 Å². The maximum Gasteiger partial charge on any atom is 0.270 e. The van der Waals surface area contributed by atoms with E-state index in [9.17, 15) is 0 Å². The third-order valence-electron chi connectivity index (χ3n) is 3.01. The molecule has 0 bridgehead atoms. The Balaban J connectivity index is 1.82. The van der Waals surface area contributed by atoms with Crippen molar-refractivity contribution in [3.63, 3.8) is 0 Å². The van der Waals surface area contributed by atoms with Gasteiger partial charge in [0.1, 0.15) is 5.76 Å². The number of oxazole rings is 1. The summed E-state index contributed by atoms with van der Waals surface area (Å²) in [5.41, 5.74) is 1.82. The molecular weight excluding hydrogens is 340 g/mol. The lowest BCUT2D eigenvalue weighted by molar-refractivity contribution is 0.236. The van der Waals surface area contributed by atoms with Crippen LogP contribution in [0.15, 0.2) is 49.9 Å². The number of fused-ring (bicyclic) bond motifs is 1. The minimum Gasteiger partial charge on any atom is -0.453 e. The van der Waals surface area contributed by atoms with Gasteiger partial charge in [-0.2, -0.15) is 0 Å². The first kappa shape index (κ1) is 13.6. The monoisotopic (exact) mass is 352 g/mol. The lowest BCUT2D eigenvalue weighted by atomic mass is 10.3. The SMILES string of the molecule is CN(Cc1ccc(Br)o1)Cn1c(=S)oc2ccccc21. The first-order chi connectivity index (χ1) is 9.63. The van der Waals surface area contributed by atoms with Crippen LogP contribution in [0.1, 0.15) is 5.76 Å². The van der Waals surface area contributed by atoms with Crippen molar-refractivity contribution in [3.8, 4) is 0 Å².